The van der Waals surface area contributed by atoms with E-state index in [1.807, 2.05) is 0 Å². The predicted molar refractivity (Wildman–Crippen MR) is 79.7 cm³/mol. The first-order valence-corrected chi connectivity index (χ1v) is 7.35. The van der Waals surface area contributed by atoms with Gasteiger partial charge in [0.25, 0.3) is 5.91 Å². The summed E-state index contributed by atoms with van der Waals surface area (Å²) in [4.78, 5) is 16.4. The number of rotatable bonds is 4. The Hall–Kier alpha value is -2.28. The van der Waals surface area contributed by atoms with Gasteiger partial charge in [-0.25, -0.2) is 0 Å². The minimum absolute atomic E-state index is 0.00812. The fraction of sp³-hybridized carbons (Fsp3) is 0.375. The topological polar surface area (TPSA) is 60.5 Å². The molecule has 0 radical (unpaired) electrons. The molecule has 0 bridgehead atoms. The third-order valence-electron chi connectivity index (χ3n) is 3.64. The Morgan fingerprint density at radius 3 is 3.00 bits per heavy atom. The highest BCUT2D eigenvalue weighted by molar-refractivity contribution is 5.97. The predicted octanol–water partition coefficient (Wildman–Crippen LogP) is 2.75. The van der Waals surface area contributed by atoms with E-state index in [-0.39, 0.29) is 17.7 Å². The third-order valence-corrected chi connectivity index (χ3v) is 3.64. The molecule has 3 rings (SSSR count). The van der Waals surface area contributed by atoms with Crippen LogP contribution >= 0.6 is 0 Å². The summed E-state index contributed by atoms with van der Waals surface area (Å²) >= 11 is 0. The van der Waals surface area contributed by atoms with Crippen LogP contribution in [0, 0.1) is 0 Å². The molecule has 1 unspecified atom stereocenters. The van der Waals surface area contributed by atoms with Crippen LogP contribution in [0.4, 0.5) is 8.78 Å². The van der Waals surface area contributed by atoms with Gasteiger partial charge in [-0.2, -0.15) is 8.78 Å². The summed E-state index contributed by atoms with van der Waals surface area (Å²) in [5, 5.41) is 3.59. The average molecular weight is 322 g/mol. The number of pyridine rings is 1. The highest BCUT2D eigenvalue weighted by Crippen LogP contribution is 2.21. The molecular formula is C16H16F2N2O3. The summed E-state index contributed by atoms with van der Waals surface area (Å²) in [7, 11) is 0. The number of nitrogens with one attached hydrogen (secondary N) is 1. The molecule has 1 aliphatic rings. The molecule has 0 aliphatic carbocycles. The summed E-state index contributed by atoms with van der Waals surface area (Å²) in [5.74, 6) is -0.181. The number of fused-ring (bicyclic) bond motifs is 1. The van der Waals surface area contributed by atoms with Crippen LogP contribution in [0.3, 0.4) is 0 Å². The largest absolute Gasteiger partial charge is 0.435 e. The summed E-state index contributed by atoms with van der Waals surface area (Å²) in [6, 6.07) is 6.12. The zero-order valence-electron chi connectivity index (χ0n) is 12.3. The number of hydrogen-bond donors (Lipinski definition) is 1. The van der Waals surface area contributed by atoms with Crippen LogP contribution in [0.25, 0.3) is 10.9 Å². The lowest BCUT2D eigenvalue weighted by atomic mass is 10.1. The SMILES string of the molecule is O=C(NC1CCCOC1)c1cnc2cc(OC(F)F)ccc2c1. The van der Waals surface area contributed by atoms with Crippen LogP contribution in [0.1, 0.15) is 23.2 Å². The number of carbonyl (C=O) groups excluding carboxylic acids is 1. The minimum Gasteiger partial charge on any atom is -0.435 e. The van der Waals surface area contributed by atoms with Gasteiger partial charge >= 0.3 is 6.61 Å². The first kappa shape index (κ1) is 15.6. The lowest BCUT2D eigenvalue weighted by Crippen LogP contribution is -2.40. The van der Waals surface area contributed by atoms with Crippen LogP contribution < -0.4 is 10.1 Å². The lowest BCUT2D eigenvalue weighted by molar-refractivity contribution is -0.0497. The van der Waals surface area contributed by atoms with E-state index >= 15 is 0 Å². The number of amides is 1. The van der Waals surface area contributed by atoms with Gasteiger partial charge in [0.15, 0.2) is 0 Å². The molecule has 5 nitrogen and oxygen atoms in total. The molecule has 1 amide bonds. The second kappa shape index (κ2) is 6.87. The molecular weight excluding hydrogens is 306 g/mol. The average Bonchev–Trinajstić information content (AvgIpc) is 2.54. The molecule has 23 heavy (non-hydrogen) atoms. The van der Waals surface area contributed by atoms with E-state index in [0.29, 0.717) is 23.1 Å². The van der Waals surface area contributed by atoms with Crippen LogP contribution in [-0.4, -0.2) is 36.8 Å². The first-order chi connectivity index (χ1) is 11.1. The van der Waals surface area contributed by atoms with Gasteiger partial charge in [0.1, 0.15) is 5.75 Å². The Balaban J connectivity index is 1.75. The zero-order chi connectivity index (χ0) is 16.2. The number of carbonyl (C=O) groups is 1. The highest BCUT2D eigenvalue weighted by Gasteiger charge is 2.17. The lowest BCUT2D eigenvalue weighted by Gasteiger charge is -2.23. The van der Waals surface area contributed by atoms with Gasteiger partial charge in [-0.1, -0.05) is 0 Å². The Morgan fingerprint density at radius 1 is 1.39 bits per heavy atom. The van der Waals surface area contributed by atoms with Crippen molar-refractivity contribution in [2.45, 2.75) is 25.5 Å². The van der Waals surface area contributed by atoms with Gasteiger partial charge in [-0.15, -0.1) is 0 Å². The van der Waals surface area contributed by atoms with Crippen molar-refractivity contribution < 1.29 is 23.0 Å². The van der Waals surface area contributed by atoms with Gasteiger partial charge < -0.3 is 14.8 Å². The van der Waals surface area contributed by atoms with Crippen molar-refractivity contribution in [3.05, 3.63) is 36.0 Å². The maximum absolute atomic E-state index is 12.2. The first-order valence-electron chi connectivity index (χ1n) is 7.35. The molecule has 7 heteroatoms. The van der Waals surface area contributed by atoms with Crippen molar-refractivity contribution in [3.8, 4) is 5.75 Å². The second-order valence-electron chi connectivity index (χ2n) is 5.34. The standard InChI is InChI=1S/C16H16F2N2O3/c17-16(18)23-13-4-3-10-6-11(8-19-14(10)7-13)15(21)20-12-2-1-5-22-9-12/h3-4,6-8,12,16H,1-2,5,9H2,(H,20,21). The van der Waals surface area contributed by atoms with E-state index in [4.69, 9.17) is 4.74 Å². The second-order valence-corrected chi connectivity index (χ2v) is 5.34. The van der Waals surface area contributed by atoms with Gasteiger partial charge in [0, 0.05) is 24.3 Å². The molecule has 0 saturated carbocycles. The van der Waals surface area contributed by atoms with E-state index in [1.54, 1.807) is 12.1 Å². The Kier molecular flexibility index (Phi) is 4.66. The van der Waals surface area contributed by atoms with Crippen LogP contribution in [0.2, 0.25) is 0 Å². The Bertz CT molecular complexity index is 703. The zero-order valence-corrected chi connectivity index (χ0v) is 12.3. The monoisotopic (exact) mass is 322 g/mol. The Labute approximate surface area is 131 Å². The number of halogens is 2. The molecule has 1 atom stereocenters. The highest BCUT2D eigenvalue weighted by atomic mass is 19.3. The number of ether oxygens (including phenoxy) is 2. The maximum atomic E-state index is 12.2. The Morgan fingerprint density at radius 2 is 2.26 bits per heavy atom. The molecule has 1 fully saturated rings. The normalized spacial score (nSPS) is 18.1. The van der Waals surface area contributed by atoms with Crippen LogP contribution in [-0.2, 0) is 4.74 Å². The summed E-state index contributed by atoms with van der Waals surface area (Å²) in [6.45, 7) is -1.64. The fourth-order valence-electron chi connectivity index (χ4n) is 2.52. The molecule has 122 valence electrons. The van der Waals surface area contributed by atoms with Crippen molar-refractivity contribution in [1.82, 2.24) is 10.3 Å². The van der Waals surface area contributed by atoms with E-state index in [9.17, 15) is 13.6 Å². The van der Waals surface area contributed by atoms with Gasteiger partial charge in [-0.3, -0.25) is 9.78 Å². The number of nitrogens with zero attached hydrogens (tertiary/aromatic N) is 1. The van der Waals surface area contributed by atoms with Crippen molar-refractivity contribution in [1.29, 1.82) is 0 Å². The molecule has 1 saturated heterocycles. The molecule has 0 spiro atoms. The molecule has 1 aromatic carbocycles. The van der Waals surface area contributed by atoms with Crippen LogP contribution in [0.5, 0.6) is 5.75 Å². The van der Waals surface area contributed by atoms with Crippen LogP contribution in [0.15, 0.2) is 30.5 Å². The van der Waals surface area contributed by atoms with Gasteiger partial charge in [0.2, 0.25) is 0 Å². The van der Waals surface area contributed by atoms with E-state index < -0.39 is 6.61 Å². The minimum atomic E-state index is -2.88. The number of hydrogen-bond acceptors (Lipinski definition) is 4. The summed E-state index contributed by atoms with van der Waals surface area (Å²) < 4.78 is 34.1. The van der Waals surface area contributed by atoms with Crippen molar-refractivity contribution in [3.63, 3.8) is 0 Å². The smallest absolute Gasteiger partial charge is 0.387 e. The molecule has 1 aromatic heterocycles. The maximum Gasteiger partial charge on any atom is 0.387 e. The van der Waals surface area contributed by atoms with Crippen molar-refractivity contribution >= 4 is 16.8 Å². The third kappa shape index (κ3) is 3.92. The number of aromatic nitrogens is 1. The molecule has 1 N–H and O–H groups in total. The van der Waals surface area contributed by atoms with Gasteiger partial charge in [0.05, 0.1) is 23.7 Å². The summed E-state index contributed by atoms with van der Waals surface area (Å²) in [6.07, 6.45) is 3.24. The summed E-state index contributed by atoms with van der Waals surface area (Å²) in [5.41, 5.74) is 0.909. The van der Waals surface area contributed by atoms with E-state index in [0.717, 1.165) is 19.4 Å². The number of alkyl halides is 2. The van der Waals surface area contributed by atoms with E-state index in [2.05, 4.69) is 15.0 Å². The molecule has 2 heterocycles. The quantitative estimate of drug-likeness (QED) is 0.940. The van der Waals surface area contributed by atoms with Gasteiger partial charge in [-0.05, 0) is 31.0 Å². The molecule has 1 aliphatic heterocycles. The number of benzene rings is 1. The van der Waals surface area contributed by atoms with E-state index in [1.165, 1.54) is 18.3 Å². The van der Waals surface area contributed by atoms with Crippen molar-refractivity contribution in [2.24, 2.45) is 0 Å². The van der Waals surface area contributed by atoms with Crippen molar-refractivity contribution in [2.75, 3.05) is 13.2 Å². The fourth-order valence-corrected chi connectivity index (χ4v) is 2.52. The molecule has 2 aromatic rings.